The SMILES string of the molecule is CCCCCCCCCCCCOCC1O[C@H](C)C(O)[C@@H](O)[C@@H]1O.CCCCCCCCCCCCO[C@@H]1C(CO)O[C@H](OC)C(O)[C@H]1O. The molecule has 0 aliphatic carbocycles. The Morgan fingerprint density at radius 1 is 0.510 bits per heavy atom. The van der Waals surface area contributed by atoms with Crippen molar-refractivity contribution in [2.24, 2.45) is 0 Å². The van der Waals surface area contributed by atoms with Crippen LogP contribution in [-0.4, -0.2) is 125 Å². The zero-order valence-corrected chi connectivity index (χ0v) is 31.5. The average Bonchev–Trinajstić information content (AvgIpc) is 3.10. The molecule has 0 saturated carbocycles. The van der Waals surface area contributed by atoms with Gasteiger partial charge in [-0.05, 0) is 19.8 Å². The summed E-state index contributed by atoms with van der Waals surface area (Å²) in [4.78, 5) is 0. The predicted molar refractivity (Wildman–Crippen MR) is 191 cm³/mol. The Labute approximate surface area is 298 Å². The van der Waals surface area contributed by atoms with E-state index in [0.717, 1.165) is 19.3 Å². The first-order chi connectivity index (χ1) is 23.7. The Hall–Kier alpha value is -0.440. The topological polar surface area (TPSA) is 168 Å². The van der Waals surface area contributed by atoms with Crippen LogP contribution < -0.4 is 0 Å². The highest BCUT2D eigenvalue weighted by atomic mass is 16.7. The molecule has 0 radical (unpaired) electrons. The Kier molecular flexibility index (Phi) is 28.6. The minimum absolute atomic E-state index is 0.257. The molecule has 2 rings (SSSR count). The highest BCUT2D eigenvalue weighted by Gasteiger charge is 2.45. The van der Waals surface area contributed by atoms with E-state index in [4.69, 9.17) is 23.7 Å². The van der Waals surface area contributed by atoms with E-state index >= 15 is 0 Å². The molecule has 0 aromatic rings. The summed E-state index contributed by atoms with van der Waals surface area (Å²) in [5.74, 6) is 0. The van der Waals surface area contributed by atoms with E-state index in [-0.39, 0.29) is 13.2 Å². The Bertz CT molecular complexity index is 730. The first kappa shape index (κ1) is 46.6. The fourth-order valence-electron chi connectivity index (χ4n) is 6.43. The molecule has 294 valence electrons. The molecule has 2 fully saturated rings. The fourth-order valence-corrected chi connectivity index (χ4v) is 6.43. The Balaban J connectivity index is 0.000000490. The summed E-state index contributed by atoms with van der Waals surface area (Å²) in [6.45, 7) is 7.28. The van der Waals surface area contributed by atoms with Gasteiger partial charge in [0.15, 0.2) is 6.29 Å². The van der Waals surface area contributed by atoms with Crippen LogP contribution in [0.25, 0.3) is 0 Å². The van der Waals surface area contributed by atoms with Crippen molar-refractivity contribution in [3.8, 4) is 0 Å². The van der Waals surface area contributed by atoms with Gasteiger partial charge in [0.2, 0.25) is 0 Å². The molecular weight excluding hydrogens is 632 g/mol. The van der Waals surface area contributed by atoms with Crippen LogP contribution in [0.5, 0.6) is 0 Å². The molecule has 2 saturated heterocycles. The maximum Gasteiger partial charge on any atom is 0.186 e. The van der Waals surface area contributed by atoms with Crippen LogP contribution >= 0.6 is 0 Å². The molecule has 6 N–H and O–H groups in total. The summed E-state index contributed by atoms with van der Waals surface area (Å²) >= 11 is 0. The smallest absolute Gasteiger partial charge is 0.186 e. The van der Waals surface area contributed by atoms with Crippen LogP contribution in [0, 0.1) is 0 Å². The molecule has 10 atom stereocenters. The van der Waals surface area contributed by atoms with Gasteiger partial charge in [-0.15, -0.1) is 0 Å². The van der Waals surface area contributed by atoms with Crippen molar-refractivity contribution in [1.29, 1.82) is 0 Å². The van der Waals surface area contributed by atoms with E-state index in [9.17, 15) is 30.6 Å². The van der Waals surface area contributed by atoms with Gasteiger partial charge in [-0.3, -0.25) is 0 Å². The fraction of sp³-hybridized carbons (Fsp3) is 1.00. The third kappa shape index (κ3) is 19.8. The van der Waals surface area contributed by atoms with Gasteiger partial charge in [0.1, 0.15) is 48.8 Å². The second-order valence-electron chi connectivity index (χ2n) is 14.1. The molecule has 2 aliphatic rings. The first-order valence-corrected chi connectivity index (χ1v) is 19.8. The van der Waals surface area contributed by atoms with E-state index in [0.29, 0.717) is 13.2 Å². The summed E-state index contributed by atoms with van der Waals surface area (Å²) in [5, 5.41) is 58.8. The van der Waals surface area contributed by atoms with E-state index in [2.05, 4.69) is 13.8 Å². The van der Waals surface area contributed by atoms with Crippen LogP contribution in [0.3, 0.4) is 0 Å². The molecule has 0 aromatic heterocycles. The number of hydrogen-bond acceptors (Lipinski definition) is 11. The lowest BCUT2D eigenvalue weighted by molar-refractivity contribution is -0.301. The van der Waals surface area contributed by atoms with Crippen LogP contribution in [-0.2, 0) is 23.7 Å². The molecular formula is C38H76O11. The summed E-state index contributed by atoms with van der Waals surface area (Å²) in [6.07, 6.45) is 16.3. The molecule has 0 amide bonds. The van der Waals surface area contributed by atoms with Gasteiger partial charge in [-0.25, -0.2) is 0 Å². The minimum atomic E-state index is -1.18. The highest BCUT2D eigenvalue weighted by Crippen LogP contribution is 2.25. The lowest BCUT2D eigenvalue weighted by atomic mass is 9.96. The van der Waals surface area contributed by atoms with E-state index < -0.39 is 61.2 Å². The summed E-state index contributed by atoms with van der Waals surface area (Å²) in [5.41, 5.74) is 0. The molecule has 49 heavy (non-hydrogen) atoms. The van der Waals surface area contributed by atoms with Crippen molar-refractivity contribution >= 4 is 0 Å². The van der Waals surface area contributed by atoms with Crippen LogP contribution in [0.15, 0.2) is 0 Å². The first-order valence-electron chi connectivity index (χ1n) is 19.8. The van der Waals surface area contributed by atoms with Gasteiger partial charge < -0.3 is 54.3 Å². The second-order valence-corrected chi connectivity index (χ2v) is 14.1. The average molecular weight is 709 g/mol. The molecule has 4 unspecified atom stereocenters. The zero-order valence-electron chi connectivity index (χ0n) is 31.5. The number of unbranched alkanes of at least 4 members (excludes halogenated alkanes) is 18. The largest absolute Gasteiger partial charge is 0.394 e. The van der Waals surface area contributed by atoms with Crippen molar-refractivity contribution in [2.75, 3.05) is 33.5 Å². The molecule has 11 nitrogen and oxygen atoms in total. The molecule has 11 heteroatoms. The van der Waals surface area contributed by atoms with E-state index in [1.165, 1.54) is 116 Å². The third-order valence-electron chi connectivity index (χ3n) is 9.74. The lowest BCUT2D eigenvalue weighted by Gasteiger charge is -2.41. The molecule has 0 aromatic carbocycles. The van der Waals surface area contributed by atoms with Crippen LogP contribution in [0.2, 0.25) is 0 Å². The highest BCUT2D eigenvalue weighted by molar-refractivity contribution is 4.91. The number of aliphatic hydroxyl groups is 6. The van der Waals surface area contributed by atoms with Crippen molar-refractivity contribution in [2.45, 2.75) is 210 Å². The number of methoxy groups -OCH3 is 1. The van der Waals surface area contributed by atoms with Crippen LogP contribution in [0.4, 0.5) is 0 Å². The van der Waals surface area contributed by atoms with Crippen LogP contribution in [0.1, 0.15) is 149 Å². The Morgan fingerprint density at radius 3 is 1.45 bits per heavy atom. The quantitative estimate of drug-likeness (QED) is 0.0623. The summed E-state index contributed by atoms with van der Waals surface area (Å²) in [7, 11) is 1.39. The number of rotatable bonds is 27. The maximum absolute atomic E-state index is 10.2. The van der Waals surface area contributed by atoms with Crippen molar-refractivity contribution < 1.29 is 54.3 Å². The lowest BCUT2D eigenvalue weighted by Crippen LogP contribution is -2.59. The maximum atomic E-state index is 10.2. The van der Waals surface area contributed by atoms with Gasteiger partial charge in [-0.2, -0.15) is 0 Å². The molecule has 2 heterocycles. The molecule has 0 bridgehead atoms. The monoisotopic (exact) mass is 709 g/mol. The van der Waals surface area contributed by atoms with Gasteiger partial charge in [-0.1, -0.05) is 129 Å². The summed E-state index contributed by atoms with van der Waals surface area (Å²) < 4.78 is 27.1. The van der Waals surface area contributed by atoms with Crippen molar-refractivity contribution in [3.63, 3.8) is 0 Å². The van der Waals surface area contributed by atoms with Gasteiger partial charge in [0, 0.05) is 20.3 Å². The molecule has 0 spiro atoms. The van der Waals surface area contributed by atoms with Crippen molar-refractivity contribution in [1.82, 2.24) is 0 Å². The Morgan fingerprint density at radius 2 is 0.980 bits per heavy atom. The minimum Gasteiger partial charge on any atom is -0.394 e. The predicted octanol–water partition coefficient (Wildman–Crippen LogP) is 5.17. The van der Waals surface area contributed by atoms with Gasteiger partial charge in [0.05, 0.1) is 19.3 Å². The van der Waals surface area contributed by atoms with Crippen molar-refractivity contribution in [3.05, 3.63) is 0 Å². The standard InChI is InChI=1S/C19H38O6.C19H38O5/c1-3-4-5-6-7-8-9-10-11-12-13-24-18-15(14-20)25-19(23-2)17(22)16(18)21;1-3-4-5-6-7-8-9-10-11-12-13-23-14-16-18(21)19(22)17(20)15(2)24-16/h15-22H,3-14H2,1-2H3;15-22H,3-14H2,1-2H3/t15?,16-,17?,18-,19+;15-,16?,17?,18-,19-/m11/s1. The second kappa shape index (κ2) is 30.1. The summed E-state index contributed by atoms with van der Waals surface area (Å²) in [6, 6.07) is 0. The van der Waals surface area contributed by atoms with E-state index in [1.54, 1.807) is 6.92 Å². The van der Waals surface area contributed by atoms with E-state index in [1.807, 2.05) is 0 Å². The van der Waals surface area contributed by atoms with Gasteiger partial charge >= 0.3 is 0 Å². The number of hydrogen-bond donors (Lipinski definition) is 6. The molecule has 2 aliphatic heterocycles. The zero-order chi connectivity index (χ0) is 36.3. The number of ether oxygens (including phenoxy) is 5. The number of aliphatic hydroxyl groups excluding tert-OH is 6. The third-order valence-corrected chi connectivity index (χ3v) is 9.74. The van der Waals surface area contributed by atoms with Gasteiger partial charge in [0.25, 0.3) is 0 Å². The normalized spacial score (nSPS) is 30.2.